The Morgan fingerprint density at radius 3 is 2.54 bits per heavy atom. The van der Waals surface area contributed by atoms with Crippen LogP contribution < -0.4 is 9.62 Å². The summed E-state index contributed by atoms with van der Waals surface area (Å²) in [5.74, 6) is -0.323. The van der Waals surface area contributed by atoms with Crippen LogP contribution in [0.2, 0.25) is 0 Å². The predicted molar refractivity (Wildman–Crippen MR) is 89.9 cm³/mol. The summed E-state index contributed by atoms with van der Waals surface area (Å²) in [6.07, 6.45) is 4.09. The van der Waals surface area contributed by atoms with Crippen molar-refractivity contribution in [3.63, 3.8) is 0 Å². The lowest BCUT2D eigenvalue weighted by Crippen LogP contribution is -2.38. The highest BCUT2D eigenvalue weighted by Gasteiger charge is 2.17. The van der Waals surface area contributed by atoms with Crippen molar-refractivity contribution in [3.05, 3.63) is 59.9 Å². The van der Waals surface area contributed by atoms with Crippen LogP contribution in [0.3, 0.4) is 0 Å². The number of pyridine rings is 1. The average molecular weight is 344 g/mol. The maximum atomic E-state index is 12.0. The van der Waals surface area contributed by atoms with Crippen LogP contribution in [0.15, 0.2) is 48.8 Å². The van der Waals surface area contributed by atoms with E-state index in [0.717, 1.165) is 6.26 Å². The zero-order chi connectivity index (χ0) is 17.6. The van der Waals surface area contributed by atoms with Crippen LogP contribution >= 0.6 is 0 Å². The number of amides is 1. The van der Waals surface area contributed by atoms with Crippen molar-refractivity contribution in [3.8, 4) is 6.07 Å². The molecule has 2 aromatic rings. The van der Waals surface area contributed by atoms with Crippen LogP contribution in [0.4, 0.5) is 5.69 Å². The Morgan fingerprint density at radius 2 is 2.00 bits per heavy atom. The molecule has 0 radical (unpaired) electrons. The fourth-order valence-corrected chi connectivity index (χ4v) is 2.99. The molecule has 0 bridgehead atoms. The van der Waals surface area contributed by atoms with E-state index in [1.165, 1.54) is 10.5 Å². The lowest BCUT2D eigenvalue weighted by atomic mass is 10.2. The molecule has 8 heteroatoms. The van der Waals surface area contributed by atoms with E-state index in [4.69, 9.17) is 5.26 Å². The number of carbonyl (C=O) groups is 1. The molecule has 0 aliphatic carbocycles. The quantitative estimate of drug-likeness (QED) is 0.846. The zero-order valence-electron chi connectivity index (χ0n) is 13.0. The molecule has 1 aromatic heterocycles. The Balaban J connectivity index is 2.05. The number of carbonyl (C=O) groups excluding carboxylic acids is 1. The standard InChI is InChI=1S/C16H16N4O3S/c1-24(22,23)20(15-6-4-13(11-17)5-7-15)10-9-19-16(21)14-3-2-8-18-12-14/h2-8,12H,9-10H2,1H3,(H,19,21). The van der Waals surface area contributed by atoms with E-state index in [-0.39, 0.29) is 19.0 Å². The van der Waals surface area contributed by atoms with Crippen molar-refractivity contribution >= 4 is 21.6 Å². The monoisotopic (exact) mass is 344 g/mol. The van der Waals surface area contributed by atoms with Gasteiger partial charge in [-0.3, -0.25) is 14.1 Å². The Morgan fingerprint density at radius 1 is 1.29 bits per heavy atom. The molecule has 0 saturated heterocycles. The Hall–Kier alpha value is -2.92. The Labute approximate surface area is 140 Å². The highest BCUT2D eigenvalue weighted by molar-refractivity contribution is 7.92. The normalized spacial score (nSPS) is 10.7. The summed E-state index contributed by atoms with van der Waals surface area (Å²) in [6, 6.07) is 11.4. The second kappa shape index (κ2) is 7.57. The first-order valence-electron chi connectivity index (χ1n) is 7.08. The van der Waals surface area contributed by atoms with E-state index in [2.05, 4.69) is 10.3 Å². The van der Waals surface area contributed by atoms with Crippen molar-refractivity contribution in [2.24, 2.45) is 0 Å². The molecule has 1 amide bonds. The first kappa shape index (κ1) is 17.4. The molecule has 24 heavy (non-hydrogen) atoms. The molecule has 0 unspecified atom stereocenters. The van der Waals surface area contributed by atoms with Gasteiger partial charge in [0.25, 0.3) is 5.91 Å². The number of rotatable bonds is 6. The summed E-state index contributed by atoms with van der Waals surface area (Å²) in [7, 11) is -3.51. The smallest absolute Gasteiger partial charge is 0.252 e. The first-order valence-corrected chi connectivity index (χ1v) is 8.93. The SMILES string of the molecule is CS(=O)(=O)N(CCNC(=O)c1cccnc1)c1ccc(C#N)cc1. The molecule has 0 aliphatic heterocycles. The van der Waals surface area contributed by atoms with Crippen molar-refractivity contribution in [2.75, 3.05) is 23.7 Å². The van der Waals surface area contributed by atoms with E-state index in [0.29, 0.717) is 16.8 Å². The fourth-order valence-electron chi connectivity index (χ4n) is 2.06. The molecule has 1 N–H and O–H groups in total. The van der Waals surface area contributed by atoms with Gasteiger partial charge in [0.2, 0.25) is 10.0 Å². The third-order valence-corrected chi connectivity index (χ3v) is 4.40. The summed E-state index contributed by atoms with van der Waals surface area (Å²) >= 11 is 0. The van der Waals surface area contributed by atoms with Crippen molar-refractivity contribution in [2.45, 2.75) is 0 Å². The van der Waals surface area contributed by atoms with Gasteiger partial charge in [-0.1, -0.05) is 0 Å². The van der Waals surface area contributed by atoms with Gasteiger partial charge < -0.3 is 5.32 Å². The number of hydrogen-bond donors (Lipinski definition) is 1. The van der Waals surface area contributed by atoms with E-state index >= 15 is 0 Å². The minimum Gasteiger partial charge on any atom is -0.350 e. The number of aromatic nitrogens is 1. The van der Waals surface area contributed by atoms with E-state index < -0.39 is 10.0 Å². The largest absolute Gasteiger partial charge is 0.350 e. The van der Waals surface area contributed by atoms with Gasteiger partial charge in [0, 0.05) is 18.9 Å². The number of nitrogens with zero attached hydrogens (tertiary/aromatic N) is 3. The molecule has 0 aliphatic rings. The number of nitriles is 1. The van der Waals surface area contributed by atoms with Gasteiger partial charge in [-0.25, -0.2) is 8.42 Å². The molecule has 7 nitrogen and oxygen atoms in total. The average Bonchev–Trinajstić information content (AvgIpc) is 2.58. The predicted octanol–water partition coefficient (Wildman–Crippen LogP) is 1.15. The summed E-state index contributed by atoms with van der Waals surface area (Å²) in [6.45, 7) is 0.220. The number of anilines is 1. The van der Waals surface area contributed by atoms with Crippen LogP contribution in [0.5, 0.6) is 0 Å². The fraction of sp³-hybridized carbons (Fsp3) is 0.188. The molecule has 0 spiro atoms. The van der Waals surface area contributed by atoms with Gasteiger partial charge in [0.15, 0.2) is 0 Å². The maximum absolute atomic E-state index is 12.0. The lowest BCUT2D eigenvalue weighted by Gasteiger charge is -2.22. The number of nitrogens with one attached hydrogen (secondary N) is 1. The van der Waals surface area contributed by atoms with Crippen molar-refractivity contribution in [1.82, 2.24) is 10.3 Å². The molecule has 1 aromatic carbocycles. The molecule has 0 atom stereocenters. The lowest BCUT2D eigenvalue weighted by molar-refractivity contribution is 0.0954. The zero-order valence-corrected chi connectivity index (χ0v) is 13.8. The van der Waals surface area contributed by atoms with Gasteiger partial charge in [0.1, 0.15) is 0 Å². The van der Waals surface area contributed by atoms with Gasteiger partial charge in [-0.15, -0.1) is 0 Å². The minimum atomic E-state index is -3.51. The summed E-state index contributed by atoms with van der Waals surface area (Å²) < 4.78 is 25.1. The van der Waals surface area contributed by atoms with E-state index in [9.17, 15) is 13.2 Å². The Bertz CT molecular complexity index is 843. The molecule has 2 rings (SSSR count). The molecular formula is C16H16N4O3S. The second-order valence-electron chi connectivity index (χ2n) is 4.99. The summed E-state index contributed by atoms with van der Waals surface area (Å²) in [4.78, 5) is 15.8. The van der Waals surface area contributed by atoms with Gasteiger partial charge in [0.05, 0.1) is 35.7 Å². The van der Waals surface area contributed by atoms with Gasteiger partial charge in [-0.05, 0) is 36.4 Å². The molecule has 1 heterocycles. The van der Waals surface area contributed by atoms with Crippen LogP contribution in [0.1, 0.15) is 15.9 Å². The number of benzene rings is 1. The van der Waals surface area contributed by atoms with Crippen LogP contribution in [-0.4, -0.2) is 38.7 Å². The van der Waals surface area contributed by atoms with Crippen molar-refractivity contribution in [1.29, 1.82) is 5.26 Å². The third-order valence-electron chi connectivity index (χ3n) is 3.21. The highest BCUT2D eigenvalue weighted by atomic mass is 32.2. The van der Waals surface area contributed by atoms with Gasteiger partial charge >= 0.3 is 0 Å². The van der Waals surface area contributed by atoms with E-state index in [1.807, 2.05) is 6.07 Å². The van der Waals surface area contributed by atoms with Crippen LogP contribution in [-0.2, 0) is 10.0 Å². The number of sulfonamides is 1. The molecule has 0 saturated carbocycles. The van der Waals surface area contributed by atoms with Crippen LogP contribution in [0.25, 0.3) is 0 Å². The van der Waals surface area contributed by atoms with Crippen LogP contribution in [0, 0.1) is 11.3 Å². The summed E-state index contributed by atoms with van der Waals surface area (Å²) in [5, 5.41) is 11.5. The topological polar surface area (TPSA) is 103 Å². The third kappa shape index (κ3) is 4.54. The molecule has 124 valence electrons. The summed E-state index contributed by atoms with van der Waals surface area (Å²) in [5.41, 5.74) is 1.28. The van der Waals surface area contributed by atoms with Crippen molar-refractivity contribution < 1.29 is 13.2 Å². The molecule has 0 fully saturated rings. The number of hydrogen-bond acceptors (Lipinski definition) is 5. The van der Waals surface area contributed by atoms with E-state index in [1.54, 1.807) is 42.6 Å². The highest BCUT2D eigenvalue weighted by Crippen LogP contribution is 2.17. The Kier molecular flexibility index (Phi) is 5.50. The molecular weight excluding hydrogens is 328 g/mol. The minimum absolute atomic E-state index is 0.0801. The first-order chi connectivity index (χ1) is 11.4. The van der Waals surface area contributed by atoms with Gasteiger partial charge in [-0.2, -0.15) is 5.26 Å². The maximum Gasteiger partial charge on any atom is 0.252 e. The second-order valence-corrected chi connectivity index (χ2v) is 6.90.